The lowest BCUT2D eigenvalue weighted by Gasteiger charge is -2.14. The third kappa shape index (κ3) is 4.05. The second-order valence-electron chi connectivity index (χ2n) is 4.84. The first-order chi connectivity index (χ1) is 10.8. The molecule has 1 aromatic carbocycles. The van der Waals surface area contributed by atoms with Gasteiger partial charge in [-0.15, -0.1) is 0 Å². The third-order valence-electron chi connectivity index (χ3n) is 3.03. The lowest BCUT2D eigenvalue weighted by atomic mass is 10.3. The zero-order valence-electron chi connectivity index (χ0n) is 12.5. The molecular formula is C13H16N4O5S. The molecular weight excluding hydrogens is 324 g/mol. The summed E-state index contributed by atoms with van der Waals surface area (Å²) in [6.45, 7) is 2.02. The molecule has 9 nitrogen and oxygen atoms in total. The Labute approximate surface area is 133 Å². The molecule has 0 radical (unpaired) electrons. The molecule has 23 heavy (non-hydrogen) atoms. The van der Waals surface area contributed by atoms with Crippen molar-refractivity contribution in [3.63, 3.8) is 0 Å². The first kappa shape index (κ1) is 16.9. The Morgan fingerprint density at radius 3 is 2.78 bits per heavy atom. The van der Waals surface area contributed by atoms with Crippen LogP contribution in [0, 0.1) is 10.1 Å². The van der Waals surface area contributed by atoms with Gasteiger partial charge in [-0.2, -0.15) is 5.10 Å². The Morgan fingerprint density at radius 2 is 2.22 bits per heavy atom. The maximum atomic E-state index is 12.3. The number of hydrogen-bond acceptors (Lipinski definition) is 6. The first-order valence-electron chi connectivity index (χ1n) is 6.65. The molecule has 0 saturated heterocycles. The van der Waals surface area contributed by atoms with E-state index in [2.05, 4.69) is 9.82 Å². The van der Waals surface area contributed by atoms with Crippen molar-refractivity contribution >= 4 is 15.7 Å². The molecule has 2 rings (SSSR count). The highest BCUT2D eigenvalue weighted by Gasteiger charge is 2.23. The van der Waals surface area contributed by atoms with Crippen molar-refractivity contribution in [2.75, 3.05) is 7.11 Å². The number of aromatic nitrogens is 2. The van der Waals surface area contributed by atoms with Crippen LogP contribution >= 0.6 is 0 Å². The second-order valence-corrected chi connectivity index (χ2v) is 6.56. The first-order valence-corrected chi connectivity index (χ1v) is 8.14. The summed E-state index contributed by atoms with van der Waals surface area (Å²) in [6.07, 6.45) is 3.30. The Morgan fingerprint density at radius 1 is 1.48 bits per heavy atom. The Kier molecular flexibility index (Phi) is 4.96. The molecule has 2 aromatic rings. The molecule has 1 aromatic heterocycles. The van der Waals surface area contributed by atoms with Crippen molar-refractivity contribution in [1.29, 1.82) is 0 Å². The molecule has 0 aliphatic rings. The van der Waals surface area contributed by atoms with E-state index in [1.54, 1.807) is 30.1 Å². The van der Waals surface area contributed by atoms with Gasteiger partial charge in [-0.3, -0.25) is 14.8 Å². The van der Waals surface area contributed by atoms with E-state index in [4.69, 9.17) is 4.74 Å². The van der Waals surface area contributed by atoms with Gasteiger partial charge in [-0.25, -0.2) is 13.1 Å². The molecule has 0 aliphatic carbocycles. The second kappa shape index (κ2) is 6.75. The molecule has 1 atom stereocenters. The summed E-state index contributed by atoms with van der Waals surface area (Å²) in [5.74, 6) is -0.00135. The fourth-order valence-corrected chi connectivity index (χ4v) is 3.29. The highest BCUT2D eigenvalue weighted by atomic mass is 32.2. The Balaban J connectivity index is 2.22. The fourth-order valence-electron chi connectivity index (χ4n) is 2.04. The molecule has 10 heteroatoms. The van der Waals surface area contributed by atoms with E-state index in [1.165, 1.54) is 19.2 Å². The van der Waals surface area contributed by atoms with E-state index >= 15 is 0 Å². The average Bonchev–Trinajstić information content (AvgIpc) is 2.98. The maximum absolute atomic E-state index is 12.3. The summed E-state index contributed by atoms with van der Waals surface area (Å²) in [6, 6.07) is 4.77. The number of methoxy groups -OCH3 is 1. The van der Waals surface area contributed by atoms with Crippen molar-refractivity contribution in [2.45, 2.75) is 24.4 Å². The summed E-state index contributed by atoms with van der Waals surface area (Å²) in [5.41, 5.74) is -0.407. The number of nitro groups is 1. The minimum atomic E-state index is -3.89. The quantitative estimate of drug-likeness (QED) is 0.597. The van der Waals surface area contributed by atoms with E-state index < -0.39 is 26.7 Å². The van der Waals surface area contributed by atoms with Gasteiger partial charge in [0.25, 0.3) is 0 Å². The van der Waals surface area contributed by atoms with E-state index in [9.17, 15) is 18.5 Å². The van der Waals surface area contributed by atoms with Gasteiger partial charge in [-0.05, 0) is 25.1 Å². The van der Waals surface area contributed by atoms with Crippen LogP contribution in [0.4, 0.5) is 5.69 Å². The molecule has 1 heterocycles. The summed E-state index contributed by atoms with van der Waals surface area (Å²) in [7, 11) is -2.62. The smallest absolute Gasteiger partial charge is 0.312 e. The molecule has 0 fully saturated rings. The number of nitrogens with zero attached hydrogens (tertiary/aromatic N) is 3. The minimum absolute atomic E-state index is 0.00135. The number of benzene rings is 1. The highest BCUT2D eigenvalue weighted by Crippen LogP contribution is 2.29. The lowest BCUT2D eigenvalue weighted by molar-refractivity contribution is -0.386. The van der Waals surface area contributed by atoms with Crippen molar-refractivity contribution < 1.29 is 18.1 Å². The van der Waals surface area contributed by atoms with Crippen LogP contribution < -0.4 is 9.46 Å². The number of sulfonamides is 1. The van der Waals surface area contributed by atoms with Crippen LogP contribution in [0.5, 0.6) is 5.75 Å². The fraction of sp³-hybridized carbons (Fsp3) is 0.308. The van der Waals surface area contributed by atoms with Crippen molar-refractivity contribution in [3.8, 4) is 5.75 Å². The van der Waals surface area contributed by atoms with Crippen molar-refractivity contribution in [3.05, 3.63) is 46.8 Å². The Hall–Kier alpha value is -2.46. The zero-order chi connectivity index (χ0) is 17.0. The summed E-state index contributed by atoms with van der Waals surface area (Å²) in [4.78, 5) is 10.1. The Bertz CT molecular complexity index is 789. The van der Waals surface area contributed by atoms with Crippen LogP contribution in [0.25, 0.3) is 0 Å². The predicted molar refractivity (Wildman–Crippen MR) is 81.7 cm³/mol. The molecule has 0 amide bonds. The van der Waals surface area contributed by atoms with Crippen LogP contribution in [0.2, 0.25) is 0 Å². The lowest BCUT2D eigenvalue weighted by Crippen LogP contribution is -2.35. The summed E-state index contributed by atoms with van der Waals surface area (Å²) >= 11 is 0. The van der Waals surface area contributed by atoms with Gasteiger partial charge in [0.1, 0.15) is 0 Å². The zero-order valence-corrected chi connectivity index (χ0v) is 13.4. The van der Waals surface area contributed by atoms with Gasteiger partial charge in [0, 0.05) is 24.5 Å². The van der Waals surface area contributed by atoms with E-state index in [0.29, 0.717) is 6.54 Å². The monoisotopic (exact) mass is 340 g/mol. The molecule has 0 saturated carbocycles. The van der Waals surface area contributed by atoms with Gasteiger partial charge in [0.05, 0.1) is 23.5 Å². The van der Waals surface area contributed by atoms with Gasteiger partial charge < -0.3 is 4.74 Å². The standard InChI is InChI=1S/C13H16N4O5S/c1-10(9-16-7-3-6-14-16)15-23(20,21)11-4-5-13(22-2)12(8-11)17(18)19/h3-8,10,15H,9H2,1-2H3/t10-/m1/s1. The van der Waals surface area contributed by atoms with E-state index in [0.717, 1.165) is 6.07 Å². The minimum Gasteiger partial charge on any atom is -0.490 e. The van der Waals surface area contributed by atoms with Crippen LogP contribution in [0.15, 0.2) is 41.6 Å². The van der Waals surface area contributed by atoms with Gasteiger partial charge >= 0.3 is 5.69 Å². The van der Waals surface area contributed by atoms with Crippen LogP contribution in [0.3, 0.4) is 0 Å². The largest absolute Gasteiger partial charge is 0.490 e. The molecule has 0 unspecified atom stereocenters. The summed E-state index contributed by atoms with van der Waals surface area (Å²) < 4.78 is 33.6. The SMILES string of the molecule is COc1ccc(S(=O)(=O)N[C@H](C)Cn2cccn2)cc1[N+](=O)[O-]. The van der Waals surface area contributed by atoms with Crippen LogP contribution in [-0.2, 0) is 16.6 Å². The van der Waals surface area contributed by atoms with E-state index in [1.807, 2.05) is 0 Å². The van der Waals surface area contributed by atoms with E-state index in [-0.39, 0.29) is 10.6 Å². The topological polar surface area (TPSA) is 116 Å². The normalized spacial score (nSPS) is 12.8. The number of ether oxygens (including phenoxy) is 1. The highest BCUT2D eigenvalue weighted by molar-refractivity contribution is 7.89. The van der Waals surface area contributed by atoms with Crippen LogP contribution in [0.1, 0.15) is 6.92 Å². The predicted octanol–water partition coefficient (Wildman–Crippen LogP) is 1.17. The van der Waals surface area contributed by atoms with Gasteiger partial charge in [-0.1, -0.05) is 0 Å². The number of nitrogens with one attached hydrogen (secondary N) is 1. The molecule has 124 valence electrons. The summed E-state index contributed by atoms with van der Waals surface area (Å²) in [5, 5.41) is 15.0. The number of nitro benzene ring substituents is 1. The van der Waals surface area contributed by atoms with Crippen molar-refractivity contribution in [2.24, 2.45) is 0 Å². The van der Waals surface area contributed by atoms with Crippen LogP contribution in [-0.4, -0.2) is 36.3 Å². The number of rotatable bonds is 7. The third-order valence-corrected chi connectivity index (χ3v) is 4.62. The van der Waals surface area contributed by atoms with Gasteiger partial charge in [0.15, 0.2) is 5.75 Å². The average molecular weight is 340 g/mol. The number of hydrogen-bond donors (Lipinski definition) is 1. The maximum Gasteiger partial charge on any atom is 0.312 e. The molecule has 1 N–H and O–H groups in total. The molecule has 0 spiro atoms. The van der Waals surface area contributed by atoms with Crippen molar-refractivity contribution in [1.82, 2.24) is 14.5 Å². The van der Waals surface area contributed by atoms with Gasteiger partial charge in [0.2, 0.25) is 10.0 Å². The molecule has 0 bridgehead atoms. The molecule has 0 aliphatic heterocycles.